The number of halogens is 1. The van der Waals surface area contributed by atoms with Crippen molar-refractivity contribution in [2.24, 2.45) is 5.41 Å². The second-order valence-electron chi connectivity index (χ2n) is 5.85. The molecule has 0 saturated carbocycles. The van der Waals surface area contributed by atoms with Crippen LogP contribution in [-0.4, -0.2) is 27.9 Å². The van der Waals surface area contributed by atoms with E-state index in [1.165, 1.54) is 4.90 Å². The molecule has 0 aliphatic carbocycles. The normalized spacial score (nSPS) is 19.8. The Bertz CT molecular complexity index is 499. The number of amides is 1. The molecule has 1 aliphatic heterocycles. The molecule has 1 heterocycles. The standard InChI is InChI=1S/C14H18ClNO2S/c1-14(2,3)12-8-16(13(17)18)7-9-10(15)5-4-6-11(9)19-12/h4-6,12H,7-8H2,1-3H3,(H,17,18). The molecule has 1 aromatic carbocycles. The van der Waals surface area contributed by atoms with Crippen molar-refractivity contribution in [2.75, 3.05) is 6.54 Å². The predicted molar refractivity (Wildman–Crippen MR) is 79.0 cm³/mol. The molecule has 3 nitrogen and oxygen atoms in total. The lowest BCUT2D eigenvalue weighted by atomic mass is 9.91. The fraction of sp³-hybridized carbons (Fsp3) is 0.500. The van der Waals surface area contributed by atoms with Crippen molar-refractivity contribution >= 4 is 29.5 Å². The zero-order valence-corrected chi connectivity index (χ0v) is 12.9. The molecular weight excluding hydrogens is 282 g/mol. The van der Waals surface area contributed by atoms with E-state index in [0.717, 1.165) is 10.5 Å². The summed E-state index contributed by atoms with van der Waals surface area (Å²) in [5.74, 6) is 0. The summed E-state index contributed by atoms with van der Waals surface area (Å²) in [4.78, 5) is 13.9. The first-order valence-electron chi connectivity index (χ1n) is 6.21. The SMILES string of the molecule is CC(C)(C)C1CN(C(=O)O)Cc2c(Cl)cccc2S1. The van der Waals surface area contributed by atoms with Gasteiger partial charge >= 0.3 is 6.09 Å². The van der Waals surface area contributed by atoms with Gasteiger partial charge < -0.3 is 10.0 Å². The number of benzene rings is 1. The van der Waals surface area contributed by atoms with E-state index >= 15 is 0 Å². The van der Waals surface area contributed by atoms with Crippen LogP contribution in [0.25, 0.3) is 0 Å². The number of nitrogens with zero attached hydrogens (tertiary/aromatic N) is 1. The molecule has 19 heavy (non-hydrogen) atoms. The summed E-state index contributed by atoms with van der Waals surface area (Å²) in [6.45, 7) is 7.30. The molecule has 0 fully saturated rings. The van der Waals surface area contributed by atoms with E-state index in [4.69, 9.17) is 11.6 Å². The van der Waals surface area contributed by atoms with Crippen molar-refractivity contribution in [1.82, 2.24) is 4.90 Å². The average Bonchev–Trinajstić information content (AvgIpc) is 2.48. The molecule has 0 bridgehead atoms. The van der Waals surface area contributed by atoms with Crippen LogP contribution in [0.5, 0.6) is 0 Å². The van der Waals surface area contributed by atoms with E-state index in [-0.39, 0.29) is 10.7 Å². The molecule has 0 radical (unpaired) electrons. The second kappa shape index (κ2) is 5.25. The molecule has 2 rings (SSSR count). The maximum atomic E-state index is 11.4. The van der Waals surface area contributed by atoms with Gasteiger partial charge in [0.2, 0.25) is 0 Å². The van der Waals surface area contributed by atoms with Gasteiger partial charge in [-0.05, 0) is 17.5 Å². The van der Waals surface area contributed by atoms with Gasteiger partial charge in [-0.15, -0.1) is 11.8 Å². The Kier molecular flexibility index (Phi) is 4.02. The van der Waals surface area contributed by atoms with Crippen molar-refractivity contribution in [1.29, 1.82) is 0 Å². The second-order valence-corrected chi connectivity index (χ2v) is 7.50. The first-order valence-corrected chi connectivity index (χ1v) is 7.46. The first kappa shape index (κ1) is 14.5. The Hall–Kier alpha value is -0.870. The van der Waals surface area contributed by atoms with Gasteiger partial charge in [-0.2, -0.15) is 0 Å². The Morgan fingerprint density at radius 2 is 2.16 bits per heavy atom. The van der Waals surface area contributed by atoms with E-state index in [1.54, 1.807) is 11.8 Å². The molecule has 1 amide bonds. The zero-order valence-electron chi connectivity index (χ0n) is 11.3. The Labute approximate surface area is 122 Å². The van der Waals surface area contributed by atoms with E-state index in [1.807, 2.05) is 18.2 Å². The third-order valence-corrected chi connectivity index (χ3v) is 5.45. The molecule has 104 valence electrons. The summed E-state index contributed by atoms with van der Waals surface area (Å²) in [7, 11) is 0. The lowest BCUT2D eigenvalue weighted by molar-refractivity contribution is 0.137. The van der Waals surface area contributed by atoms with Gasteiger partial charge in [-0.25, -0.2) is 4.79 Å². The number of hydrogen-bond acceptors (Lipinski definition) is 2. The molecule has 1 unspecified atom stereocenters. The lowest BCUT2D eigenvalue weighted by Gasteiger charge is -2.31. The smallest absolute Gasteiger partial charge is 0.407 e. The third-order valence-electron chi connectivity index (χ3n) is 3.32. The van der Waals surface area contributed by atoms with Gasteiger partial charge in [0.05, 0.1) is 6.54 Å². The number of carbonyl (C=O) groups is 1. The summed E-state index contributed by atoms with van der Waals surface area (Å²) < 4.78 is 0. The molecule has 1 atom stereocenters. The summed E-state index contributed by atoms with van der Waals surface area (Å²) >= 11 is 7.94. The van der Waals surface area contributed by atoms with Gasteiger partial charge in [-0.3, -0.25) is 0 Å². The highest BCUT2D eigenvalue weighted by Crippen LogP contribution is 2.41. The van der Waals surface area contributed by atoms with Crippen molar-refractivity contribution in [3.05, 3.63) is 28.8 Å². The fourth-order valence-electron chi connectivity index (χ4n) is 2.05. The molecule has 0 spiro atoms. The van der Waals surface area contributed by atoms with Crippen LogP contribution in [0.4, 0.5) is 4.79 Å². The summed E-state index contributed by atoms with van der Waals surface area (Å²) in [5, 5.41) is 10.2. The minimum Gasteiger partial charge on any atom is -0.465 e. The Morgan fingerprint density at radius 3 is 2.74 bits per heavy atom. The molecule has 1 aromatic rings. The average molecular weight is 300 g/mol. The minimum atomic E-state index is -0.886. The van der Waals surface area contributed by atoms with Crippen molar-refractivity contribution in [3.8, 4) is 0 Å². The molecule has 1 aliphatic rings. The topological polar surface area (TPSA) is 40.5 Å². The highest BCUT2D eigenvalue weighted by atomic mass is 35.5. The van der Waals surface area contributed by atoms with E-state index < -0.39 is 6.09 Å². The quantitative estimate of drug-likeness (QED) is 0.774. The Balaban J connectivity index is 2.44. The van der Waals surface area contributed by atoms with Gasteiger partial charge in [0.15, 0.2) is 0 Å². The summed E-state index contributed by atoms with van der Waals surface area (Å²) in [6, 6.07) is 5.76. The predicted octanol–water partition coefficient (Wildman–Crippen LogP) is 4.34. The zero-order chi connectivity index (χ0) is 14.2. The van der Waals surface area contributed by atoms with Crippen LogP contribution >= 0.6 is 23.4 Å². The van der Waals surface area contributed by atoms with Crippen LogP contribution in [0, 0.1) is 5.41 Å². The van der Waals surface area contributed by atoms with Gasteiger partial charge in [0.25, 0.3) is 0 Å². The van der Waals surface area contributed by atoms with Gasteiger partial charge in [0, 0.05) is 27.3 Å². The maximum Gasteiger partial charge on any atom is 0.407 e. The Morgan fingerprint density at radius 1 is 1.47 bits per heavy atom. The van der Waals surface area contributed by atoms with Crippen LogP contribution in [0.15, 0.2) is 23.1 Å². The molecule has 5 heteroatoms. The summed E-state index contributed by atoms with van der Waals surface area (Å²) in [5.41, 5.74) is 0.950. The van der Waals surface area contributed by atoms with Crippen LogP contribution < -0.4 is 0 Å². The van der Waals surface area contributed by atoms with E-state index in [0.29, 0.717) is 18.1 Å². The monoisotopic (exact) mass is 299 g/mol. The van der Waals surface area contributed by atoms with E-state index in [9.17, 15) is 9.90 Å². The van der Waals surface area contributed by atoms with Crippen molar-refractivity contribution in [2.45, 2.75) is 37.5 Å². The number of hydrogen-bond donors (Lipinski definition) is 1. The largest absolute Gasteiger partial charge is 0.465 e. The van der Waals surface area contributed by atoms with Crippen LogP contribution in [0.1, 0.15) is 26.3 Å². The molecule has 0 saturated heterocycles. The summed E-state index contributed by atoms with van der Waals surface area (Å²) in [6.07, 6.45) is -0.886. The lowest BCUT2D eigenvalue weighted by Crippen LogP contribution is -2.38. The first-order chi connectivity index (χ1) is 8.79. The number of fused-ring (bicyclic) bond motifs is 1. The van der Waals surface area contributed by atoms with Gasteiger partial charge in [0.1, 0.15) is 0 Å². The third kappa shape index (κ3) is 3.18. The van der Waals surface area contributed by atoms with Crippen LogP contribution in [0.3, 0.4) is 0 Å². The molecule has 0 aromatic heterocycles. The maximum absolute atomic E-state index is 11.4. The minimum absolute atomic E-state index is 0.0301. The van der Waals surface area contributed by atoms with E-state index in [2.05, 4.69) is 20.8 Å². The fourth-order valence-corrected chi connectivity index (χ4v) is 3.72. The van der Waals surface area contributed by atoms with Crippen LogP contribution in [0.2, 0.25) is 5.02 Å². The van der Waals surface area contributed by atoms with Gasteiger partial charge in [-0.1, -0.05) is 38.4 Å². The highest BCUT2D eigenvalue weighted by Gasteiger charge is 2.33. The van der Waals surface area contributed by atoms with Crippen molar-refractivity contribution in [3.63, 3.8) is 0 Å². The number of rotatable bonds is 0. The van der Waals surface area contributed by atoms with Crippen molar-refractivity contribution < 1.29 is 9.90 Å². The molecular formula is C14H18ClNO2S. The number of thioether (sulfide) groups is 1. The van der Waals surface area contributed by atoms with Crippen LogP contribution in [-0.2, 0) is 6.54 Å². The number of carboxylic acid groups (broad SMARTS) is 1. The molecule has 1 N–H and O–H groups in total. The highest BCUT2D eigenvalue weighted by molar-refractivity contribution is 8.00.